The molecule has 1 N–H and O–H groups in total. The molecular weight excluding hydrogens is 486 g/mol. The van der Waals surface area contributed by atoms with Crippen LogP contribution in [0.25, 0.3) is 5.76 Å². The Hall–Kier alpha value is -3.08. The summed E-state index contributed by atoms with van der Waals surface area (Å²) < 4.78 is 5.21. The van der Waals surface area contributed by atoms with E-state index < -0.39 is 17.7 Å². The van der Waals surface area contributed by atoms with Crippen LogP contribution in [0.4, 0.5) is 0 Å². The molecule has 1 amide bonds. The van der Waals surface area contributed by atoms with Crippen molar-refractivity contribution in [2.45, 2.75) is 103 Å². The van der Waals surface area contributed by atoms with Gasteiger partial charge in [0, 0.05) is 12.1 Å². The van der Waals surface area contributed by atoms with Crippen molar-refractivity contribution in [1.29, 1.82) is 0 Å². The number of carbonyl (C=O) groups is 2. The van der Waals surface area contributed by atoms with Gasteiger partial charge in [-0.3, -0.25) is 9.59 Å². The number of ether oxygens (including phenoxy) is 1. The van der Waals surface area contributed by atoms with Crippen LogP contribution in [0.15, 0.2) is 60.2 Å². The number of amides is 1. The third-order valence-electron chi connectivity index (χ3n) is 7.77. The van der Waals surface area contributed by atoms with E-state index in [9.17, 15) is 14.7 Å². The lowest BCUT2D eigenvalue weighted by atomic mass is 9.95. The molecule has 1 fully saturated rings. The van der Waals surface area contributed by atoms with Crippen LogP contribution in [0.5, 0.6) is 5.75 Å². The van der Waals surface area contributed by atoms with Gasteiger partial charge in [0.25, 0.3) is 11.7 Å². The van der Waals surface area contributed by atoms with Gasteiger partial charge in [0.15, 0.2) is 0 Å². The number of hydrogen-bond acceptors (Lipinski definition) is 4. The molecule has 0 radical (unpaired) electrons. The van der Waals surface area contributed by atoms with E-state index in [1.807, 2.05) is 30.3 Å². The number of carbonyl (C=O) groups excluding carboxylic acids is 2. The number of benzene rings is 2. The van der Waals surface area contributed by atoms with Crippen molar-refractivity contribution in [3.63, 3.8) is 0 Å². The third-order valence-corrected chi connectivity index (χ3v) is 7.77. The van der Waals surface area contributed by atoms with Crippen LogP contribution in [-0.2, 0) is 9.59 Å². The quantitative estimate of drug-likeness (QED) is 0.0901. The highest BCUT2D eigenvalue weighted by Gasteiger charge is 2.45. The molecule has 2 aromatic rings. The fraction of sp³-hybridized carbons (Fsp3) is 0.529. The lowest BCUT2D eigenvalue weighted by Gasteiger charge is -2.25. The third kappa shape index (κ3) is 8.98. The lowest BCUT2D eigenvalue weighted by molar-refractivity contribution is -0.139. The van der Waals surface area contributed by atoms with Gasteiger partial charge < -0.3 is 14.7 Å². The van der Waals surface area contributed by atoms with Crippen molar-refractivity contribution in [2.75, 3.05) is 13.7 Å². The maximum Gasteiger partial charge on any atom is 0.295 e. The smallest absolute Gasteiger partial charge is 0.295 e. The standard InChI is InChI=1S/C34H47NO4/c1-3-4-5-6-7-8-9-10-11-12-13-14-15-19-26-35-31(27-20-17-16-18-21-27)30(33(37)34(35)38)32(36)28-22-24-29(39-2)25-23-28/h16-18,20-25,31,36H,3-15,19,26H2,1-2H3/b32-30+. The van der Waals surface area contributed by atoms with Crippen molar-refractivity contribution in [3.05, 3.63) is 71.3 Å². The van der Waals surface area contributed by atoms with Crippen LogP contribution in [0.3, 0.4) is 0 Å². The van der Waals surface area contributed by atoms with Crippen LogP contribution >= 0.6 is 0 Å². The van der Waals surface area contributed by atoms with E-state index >= 15 is 0 Å². The highest BCUT2D eigenvalue weighted by molar-refractivity contribution is 6.46. The predicted molar refractivity (Wildman–Crippen MR) is 159 cm³/mol. The molecule has 1 saturated heterocycles. The maximum absolute atomic E-state index is 13.2. The summed E-state index contributed by atoms with van der Waals surface area (Å²) in [4.78, 5) is 27.9. The zero-order valence-corrected chi connectivity index (χ0v) is 24.0. The number of ketones is 1. The zero-order chi connectivity index (χ0) is 27.9. The summed E-state index contributed by atoms with van der Waals surface area (Å²) in [5.41, 5.74) is 1.48. The van der Waals surface area contributed by atoms with E-state index in [0.29, 0.717) is 17.9 Å². The van der Waals surface area contributed by atoms with Crippen molar-refractivity contribution >= 4 is 17.4 Å². The van der Waals surface area contributed by atoms with Gasteiger partial charge in [0.2, 0.25) is 0 Å². The van der Waals surface area contributed by atoms with Gasteiger partial charge in [-0.15, -0.1) is 0 Å². The summed E-state index contributed by atoms with van der Waals surface area (Å²) in [5, 5.41) is 11.2. The molecule has 0 aliphatic carbocycles. The summed E-state index contributed by atoms with van der Waals surface area (Å²) in [6, 6.07) is 15.8. The van der Waals surface area contributed by atoms with Crippen LogP contribution in [0, 0.1) is 0 Å². The van der Waals surface area contributed by atoms with Crippen molar-refractivity contribution < 1.29 is 19.4 Å². The zero-order valence-electron chi connectivity index (χ0n) is 24.0. The van der Waals surface area contributed by atoms with E-state index in [1.54, 1.807) is 36.3 Å². The van der Waals surface area contributed by atoms with Gasteiger partial charge in [0.1, 0.15) is 11.5 Å². The SMILES string of the molecule is CCCCCCCCCCCCCCCCN1C(=O)C(=O)/C(=C(/O)c2ccc(OC)cc2)C1c1ccccc1. The Balaban J connectivity index is 1.51. The minimum Gasteiger partial charge on any atom is -0.507 e. The van der Waals surface area contributed by atoms with Crippen molar-refractivity contribution in [3.8, 4) is 5.75 Å². The highest BCUT2D eigenvalue weighted by atomic mass is 16.5. The molecule has 1 aliphatic heterocycles. The molecule has 5 nitrogen and oxygen atoms in total. The molecule has 212 valence electrons. The highest BCUT2D eigenvalue weighted by Crippen LogP contribution is 2.39. The molecule has 0 saturated carbocycles. The van der Waals surface area contributed by atoms with Crippen LogP contribution in [0.1, 0.15) is 114 Å². The minimum absolute atomic E-state index is 0.145. The molecule has 39 heavy (non-hydrogen) atoms. The number of unbranched alkanes of at least 4 members (excludes halogenated alkanes) is 13. The van der Waals surface area contributed by atoms with E-state index in [1.165, 1.54) is 70.6 Å². The Morgan fingerprint density at radius 3 is 1.77 bits per heavy atom. The lowest BCUT2D eigenvalue weighted by Crippen LogP contribution is -2.30. The van der Waals surface area contributed by atoms with Gasteiger partial charge in [-0.1, -0.05) is 121 Å². The van der Waals surface area contributed by atoms with E-state index in [-0.39, 0.29) is 11.3 Å². The van der Waals surface area contributed by atoms with Gasteiger partial charge in [0.05, 0.1) is 18.7 Å². The maximum atomic E-state index is 13.2. The summed E-state index contributed by atoms with van der Waals surface area (Å²) in [7, 11) is 1.58. The molecule has 0 aromatic heterocycles. The fourth-order valence-corrected chi connectivity index (χ4v) is 5.47. The van der Waals surface area contributed by atoms with Gasteiger partial charge in [-0.2, -0.15) is 0 Å². The molecule has 1 atom stereocenters. The Kier molecular flexibility index (Phi) is 13.1. The molecule has 1 heterocycles. The second-order valence-corrected chi connectivity index (χ2v) is 10.7. The first-order valence-corrected chi connectivity index (χ1v) is 15.1. The number of nitrogens with zero attached hydrogens (tertiary/aromatic N) is 1. The van der Waals surface area contributed by atoms with Gasteiger partial charge >= 0.3 is 0 Å². The number of hydrogen-bond donors (Lipinski definition) is 1. The summed E-state index contributed by atoms with van der Waals surface area (Å²) in [6.07, 6.45) is 17.7. The number of likely N-dealkylation sites (tertiary alicyclic amines) is 1. The van der Waals surface area contributed by atoms with Crippen LogP contribution in [-0.4, -0.2) is 35.4 Å². The predicted octanol–water partition coefficient (Wildman–Crippen LogP) is 8.60. The Morgan fingerprint density at radius 1 is 0.744 bits per heavy atom. The minimum atomic E-state index is -0.623. The topological polar surface area (TPSA) is 66.8 Å². The summed E-state index contributed by atoms with van der Waals surface area (Å²) >= 11 is 0. The first-order valence-electron chi connectivity index (χ1n) is 15.1. The van der Waals surface area contributed by atoms with Crippen LogP contribution in [0.2, 0.25) is 0 Å². The van der Waals surface area contributed by atoms with Gasteiger partial charge in [-0.05, 0) is 36.2 Å². The first kappa shape index (κ1) is 30.5. The molecule has 0 spiro atoms. The largest absolute Gasteiger partial charge is 0.507 e. The van der Waals surface area contributed by atoms with Crippen molar-refractivity contribution in [2.24, 2.45) is 0 Å². The van der Waals surface area contributed by atoms with E-state index in [2.05, 4.69) is 6.92 Å². The second-order valence-electron chi connectivity index (χ2n) is 10.7. The molecule has 0 bridgehead atoms. The fourth-order valence-electron chi connectivity index (χ4n) is 5.47. The van der Waals surface area contributed by atoms with Crippen LogP contribution < -0.4 is 4.74 Å². The second kappa shape index (κ2) is 16.8. The molecule has 1 aliphatic rings. The van der Waals surface area contributed by atoms with E-state index in [0.717, 1.165) is 24.8 Å². The van der Waals surface area contributed by atoms with Gasteiger partial charge in [-0.25, -0.2) is 0 Å². The summed E-state index contributed by atoms with van der Waals surface area (Å²) in [6.45, 7) is 2.76. The average molecular weight is 534 g/mol. The van der Waals surface area contributed by atoms with E-state index in [4.69, 9.17) is 4.74 Å². The Labute approximate surface area is 235 Å². The Morgan fingerprint density at radius 2 is 1.26 bits per heavy atom. The number of rotatable bonds is 18. The number of methoxy groups -OCH3 is 1. The van der Waals surface area contributed by atoms with Crippen molar-refractivity contribution in [1.82, 2.24) is 4.90 Å². The molecular formula is C34H47NO4. The monoisotopic (exact) mass is 533 g/mol. The normalized spacial score (nSPS) is 16.7. The first-order chi connectivity index (χ1) is 19.1. The number of aliphatic hydroxyl groups excluding tert-OH is 1. The average Bonchev–Trinajstić information content (AvgIpc) is 3.22. The Bertz CT molecular complexity index is 1040. The number of Topliss-reactive ketones (excluding diaryl/α,β-unsaturated/α-hetero) is 1. The molecule has 3 rings (SSSR count). The summed E-state index contributed by atoms with van der Waals surface area (Å²) in [5.74, 6) is -0.645. The molecule has 1 unspecified atom stereocenters. The molecule has 5 heteroatoms. The molecule has 2 aromatic carbocycles. The number of aliphatic hydroxyl groups is 1.